The highest BCUT2D eigenvalue weighted by Gasteiger charge is 2.35. The first-order valence-corrected chi connectivity index (χ1v) is 13.7. The summed E-state index contributed by atoms with van der Waals surface area (Å²) in [4.78, 5) is 45.3. The molecule has 8 nitrogen and oxygen atoms in total. The fraction of sp³-hybridized carbons (Fsp3) is 0.517. The molecular formula is C29H37FN4O4. The summed E-state index contributed by atoms with van der Waals surface area (Å²) in [5, 5.41) is 5.88. The highest BCUT2D eigenvalue weighted by Crippen LogP contribution is 2.27. The standard InChI is InChI=1S/C29H37FN4O4/c30-22-16-14-21(15-17-22)28(29(37)32-23-8-2-1-3-9-23)34(20-24-10-7-19-38-24)27(36)13-6-12-26(35)33-25-11-4-5-18-31-25/h4-5,11,14-18,23-24,28H,1-3,6-10,12-13,19-20H2,(H,32,37)(H,31,33,35)/t24-,28-/m1/s1. The third kappa shape index (κ3) is 8.08. The number of carbonyl (C=O) groups is 3. The number of benzene rings is 1. The molecule has 38 heavy (non-hydrogen) atoms. The van der Waals surface area contributed by atoms with Gasteiger partial charge in [-0.05, 0) is 61.9 Å². The zero-order valence-electron chi connectivity index (χ0n) is 21.7. The van der Waals surface area contributed by atoms with Crippen molar-refractivity contribution in [3.05, 3.63) is 60.0 Å². The van der Waals surface area contributed by atoms with E-state index in [0.29, 0.717) is 24.4 Å². The summed E-state index contributed by atoms with van der Waals surface area (Å²) in [5.41, 5.74) is 0.555. The molecule has 2 fully saturated rings. The topological polar surface area (TPSA) is 101 Å². The van der Waals surface area contributed by atoms with Gasteiger partial charge >= 0.3 is 0 Å². The lowest BCUT2D eigenvalue weighted by Gasteiger charge is -2.34. The Hall–Kier alpha value is -3.33. The predicted octanol–water partition coefficient (Wildman–Crippen LogP) is 4.53. The first kappa shape index (κ1) is 27.7. The van der Waals surface area contributed by atoms with Crippen molar-refractivity contribution in [1.82, 2.24) is 15.2 Å². The van der Waals surface area contributed by atoms with E-state index >= 15 is 0 Å². The van der Waals surface area contributed by atoms with E-state index < -0.39 is 11.9 Å². The normalized spacial score (nSPS) is 18.5. The van der Waals surface area contributed by atoms with Gasteiger partial charge in [-0.3, -0.25) is 14.4 Å². The first-order valence-electron chi connectivity index (χ1n) is 13.7. The van der Waals surface area contributed by atoms with Gasteiger partial charge in [0.05, 0.1) is 6.10 Å². The van der Waals surface area contributed by atoms with Crippen LogP contribution in [0.15, 0.2) is 48.7 Å². The Morgan fingerprint density at radius 1 is 1.00 bits per heavy atom. The van der Waals surface area contributed by atoms with Crippen LogP contribution in [0.1, 0.15) is 75.8 Å². The van der Waals surface area contributed by atoms with E-state index in [9.17, 15) is 18.8 Å². The summed E-state index contributed by atoms with van der Waals surface area (Å²) >= 11 is 0. The number of nitrogens with one attached hydrogen (secondary N) is 2. The molecule has 9 heteroatoms. The fourth-order valence-electron chi connectivity index (χ4n) is 5.19. The molecule has 1 aromatic heterocycles. The molecule has 0 radical (unpaired) electrons. The molecule has 2 aromatic rings. The van der Waals surface area contributed by atoms with Crippen molar-refractivity contribution in [2.45, 2.75) is 82.4 Å². The Kier molecular flexibility index (Phi) is 10.2. The number of anilines is 1. The minimum absolute atomic E-state index is 0.0640. The van der Waals surface area contributed by atoms with Gasteiger partial charge in [0.25, 0.3) is 0 Å². The molecule has 1 aromatic carbocycles. The Balaban J connectivity index is 1.48. The van der Waals surface area contributed by atoms with Crippen LogP contribution in [0.4, 0.5) is 10.2 Å². The Morgan fingerprint density at radius 3 is 2.47 bits per heavy atom. The molecule has 1 saturated heterocycles. The van der Waals surface area contributed by atoms with Crippen molar-refractivity contribution in [3.63, 3.8) is 0 Å². The van der Waals surface area contributed by atoms with E-state index in [1.165, 1.54) is 12.1 Å². The van der Waals surface area contributed by atoms with Gasteiger partial charge in [0.15, 0.2) is 0 Å². The average molecular weight is 525 g/mol. The summed E-state index contributed by atoms with van der Waals surface area (Å²) in [6.07, 6.45) is 8.78. The van der Waals surface area contributed by atoms with Gasteiger partial charge in [-0.2, -0.15) is 0 Å². The lowest BCUT2D eigenvalue weighted by atomic mass is 9.94. The number of pyridine rings is 1. The molecular weight excluding hydrogens is 487 g/mol. The van der Waals surface area contributed by atoms with Gasteiger partial charge < -0.3 is 20.3 Å². The smallest absolute Gasteiger partial charge is 0.247 e. The molecule has 1 saturated carbocycles. The SMILES string of the molecule is O=C(CCCC(=O)N(C[C@H]1CCCO1)[C@@H](C(=O)NC1CCCCC1)c1ccc(F)cc1)Nc1ccccn1. The largest absolute Gasteiger partial charge is 0.376 e. The lowest BCUT2D eigenvalue weighted by molar-refractivity contribution is -0.143. The number of halogens is 1. The van der Waals surface area contributed by atoms with Crippen LogP contribution in [0.25, 0.3) is 0 Å². The number of ether oxygens (including phenoxy) is 1. The summed E-state index contributed by atoms with van der Waals surface area (Å²) in [5.74, 6) is -0.676. The predicted molar refractivity (Wildman–Crippen MR) is 142 cm³/mol. The third-order valence-electron chi connectivity index (χ3n) is 7.17. The van der Waals surface area contributed by atoms with Crippen molar-refractivity contribution >= 4 is 23.5 Å². The van der Waals surface area contributed by atoms with Gasteiger partial charge in [0, 0.05) is 38.2 Å². The number of rotatable bonds is 11. The highest BCUT2D eigenvalue weighted by atomic mass is 19.1. The van der Waals surface area contributed by atoms with Gasteiger partial charge in [-0.15, -0.1) is 0 Å². The molecule has 4 rings (SSSR count). The van der Waals surface area contributed by atoms with E-state index in [1.807, 2.05) is 0 Å². The zero-order chi connectivity index (χ0) is 26.7. The second kappa shape index (κ2) is 14.0. The van der Waals surface area contributed by atoms with E-state index in [4.69, 9.17) is 4.74 Å². The van der Waals surface area contributed by atoms with Crippen LogP contribution in [0.2, 0.25) is 0 Å². The summed E-state index contributed by atoms with van der Waals surface area (Å²) in [6.45, 7) is 0.884. The molecule has 1 aliphatic heterocycles. The van der Waals surface area contributed by atoms with Crippen LogP contribution in [0.3, 0.4) is 0 Å². The van der Waals surface area contributed by atoms with E-state index in [0.717, 1.165) is 44.9 Å². The zero-order valence-corrected chi connectivity index (χ0v) is 21.7. The van der Waals surface area contributed by atoms with E-state index in [1.54, 1.807) is 41.4 Å². The minimum atomic E-state index is -0.906. The molecule has 3 amide bonds. The van der Waals surface area contributed by atoms with Crippen molar-refractivity contribution in [3.8, 4) is 0 Å². The molecule has 0 spiro atoms. The molecule has 2 atom stereocenters. The quantitative estimate of drug-likeness (QED) is 0.450. The summed E-state index contributed by atoms with van der Waals surface area (Å²) in [7, 11) is 0. The molecule has 2 heterocycles. The average Bonchev–Trinajstić information content (AvgIpc) is 3.44. The van der Waals surface area contributed by atoms with Crippen LogP contribution in [-0.4, -0.2) is 52.9 Å². The number of hydrogen-bond acceptors (Lipinski definition) is 5. The van der Waals surface area contributed by atoms with Crippen molar-refractivity contribution in [2.75, 3.05) is 18.5 Å². The van der Waals surface area contributed by atoms with Gasteiger partial charge in [-0.1, -0.05) is 37.5 Å². The molecule has 2 aliphatic rings. The van der Waals surface area contributed by atoms with Crippen LogP contribution in [0.5, 0.6) is 0 Å². The third-order valence-corrected chi connectivity index (χ3v) is 7.17. The van der Waals surface area contributed by atoms with Crippen molar-refractivity contribution < 1.29 is 23.5 Å². The summed E-state index contributed by atoms with van der Waals surface area (Å²) < 4.78 is 19.6. The highest BCUT2D eigenvalue weighted by molar-refractivity contribution is 5.91. The Morgan fingerprint density at radius 2 is 1.79 bits per heavy atom. The number of hydrogen-bond donors (Lipinski definition) is 2. The molecule has 0 bridgehead atoms. The second-order valence-corrected chi connectivity index (χ2v) is 10.1. The number of amides is 3. The lowest BCUT2D eigenvalue weighted by Crippen LogP contribution is -2.49. The van der Waals surface area contributed by atoms with Gasteiger partial charge in [0.2, 0.25) is 17.7 Å². The number of carbonyl (C=O) groups excluding carboxylic acids is 3. The van der Waals surface area contributed by atoms with Crippen LogP contribution in [0, 0.1) is 5.82 Å². The molecule has 2 N–H and O–H groups in total. The Bertz CT molecular complexity index is 1050. The maximum Gasteiger partial charge on any atom is 0.247 e. The molecule has 0 unspecified atom stereocenters. The van der Waals surface area contributed by atoms with Crippen LogP contribution >= 0.6 is 0 Å². The maximum atomic E-state index is 13.8. The number of nitrogens with zero attached hydrogens (tertiary/aromatic N) is 2. The number of aromatic nitrogens is 1. The van der Waals surface area contributed by atoms with Crippen LogP contribution < -0.4 is 10.6 Å². The molecule has 1 aliphatic carbocycles. The van der Waals surface area contributed by atoms with Crippen molar-refractivity contribution in [1.29, 1.82) is 0 Å². The monoisotopic (exact) mass is 524 g/mol. The Labute approximate surface area is 223 Å². The van der Waals surface area contributed by atoms with Crippen LogP contribution in [-0.2, 0) is 19.1 Å². The van der Waals surface area contributed by atoms with Crippen molar-refractivity contribution in [2.24, 2.45) is 0 Å². The van der Waals surface area contributed by atoms with Gasteiger partial charge in [-0.25, -0.2) is 9.37 Å². The fourth-order valence-corrected chi connectivity index (χ4v) is 5.19. The second-order valence-electron chi connectivity index (χ2n) is 10.1. The van der Waals surface area contributed by atoms with E-state index in [-0.39, 0.29) is 49.3 Å². The first-order chi connectivity index (χ1) is 18.5. The molecule has 204 valence electrons. The minimum Gasteiger partial charge on any atom is -0.376 e. The van der Waals surface area contributed by atoms with Gasteiger partial charge in [0.1, 0.15) is 17.7 Å². The van der Waals surface area contributed by atoms with E-state index in [2.05, 4.69) is 15.6 Å². The maximum absolute atomic E-state index is 13.8. The summed E-state index contributed by atoms with van der Waals surface area (Å²) in [6, 6.07) is 10.2.